The van der Waals surface area contributed by atoms with E-state index < -0.39 is 5.76 Å². The van der Waals surface area contributed by atoms with Gasteiger partial charge in [-0.25, -0.2) is 4.79 Å². The molecule has 0 aliphatic heterocycles. The number of oxazole rings is 1. The molecular formula is C13H19N3O2. The van der Waals surface area contributed by atoms with Crippen molar-refractivity contribution >= 4 is 22.5 Å². The Balaban J connectivity index is 2.03. The van der Waals surface area contributed by atoms with Crippen molar-refractivity contribution in [3.05, 3.63) is 22.7 Å². The maximum absolute atomic E-state index is 11.1. The molecule has 2 rings (SSSR count). The zero-order valence-corrected chi connectivity index (χ0v) is 10.6. The van der Waals surface area contributed by atoms with Crippen LogP contribution in [0.15, 0.2) is 21.3 Å². The van der Waals surface area contributed by atoms with E-state index in [-0.39, 0.29) is 0 Å². The van der Waals surface area contributed by atoms with E-state index in [2.05, 4.69) is 17.2 Å². The first-order valence-electron chi connectivity index (χ1n) is 6.37. The number of nitrogens with two attached hydrogens (primary N) is 1. The van der Waals surface area contributed by atoms with Crippen LogP contribution in [0.3, 0.4) is 0 Å². The lowest BCUT2D eigenvalue weighted by Gasteiger charge is -2.08. The largest absolute Gasteiger partial charge is 0.417 e. The van der Waals surface area contributed by atoms with Gasteiger partial charge in [-0.05, 0) is 12.5 Å². The van der Waals surface area contributed by atoms with Crippen LogP contribution in [0.4, 0.5) is 11.4 Å². The van der Waals surface area contributed by atoms with E-state index in [4.69, 9.17) is 10.2 Å². The first kappa shape index (κ1) is 12.5. The summed E-state index contributed by atoms with van der Waals surface area (Å²) in [5.74, 6) is -0.454. The molecule has 1 aromatic carbocycles. The van der Waals surface area contributed by atoms with E-state index in [1.807, 2.05) is 6.07 Å². The van der Waals surface area contributed by atoms with E-state index in [0.717, 1.165) is 18.7 Å². The number of hydrogen-bond donors (Lipinski definition) is 3. The number of H-pyrrole nitrogens is 1. The lowest BCUT2D eigenvalue weighted by atomic mass is 10.2. The average Bonchev–Trinajstić information content (AvgIpc) is 2.68. The Morgan fingerprint density at radius 1 is 1.33 bits per heavy atom. The maximum Gasteiger partial charge on any atom is 0.417 e. The first-order chi connectivity index (χ1) is 8.70. The van der Waals surface area contributed by atoms with Gasteiger partial charge in [0.2, 0.25) is 0 Å². The second-order valence-corrected chi connectivity index (χ2v) is 4.44. The Hall–Kier alpha value is -1.91. The topological polar surface area (TPSA) is 84.0 Å². The number of nitrogen functional groups attached to an aromatic ring is 1. The maximum atomic E-state index is 11.1. The number of unbranched alkanes of at least 4 members (excludes halogenated alkanes) is 3. The molecule has 0 radical (unpaired) electrons. The van der Waals surface area contributed by atoms with Crippen LogP contribution in [0.25, 0.3) is 11.1 Å². The zero-order chi connectivity index (χ0) is 13.0. The van der Waals surface area contributed by atoms with Gasteiger partial charge in [0, 0.05) is 12.6 Å². The molecule has 0 atom stereocenters. The van der Waals surface area contributed by atoms with Gasteiger partial charge in [0.15, 0.2) is 5.58 Å². The van der Waals surface area contributed by atoms with E-state index in [0.29, 0.717) is 16.8 Å². The van der Waals surface area contributed by atoms with Gasteiger partial charge in [-0.15, -0.1) is 0 Å². The third kappa shape index (κ3) is 2.85. The van der Waals surface area contributed by atoms with E-state index in [1.165, 1.54) is 19.3 Å². The van der Waals surface area contributed by atoms with Crippen molar-refractivity contribution in [1.29, 1.82) is 0 Å². The van der Waals surface area contributed by atoms with Gasteiger partial charge in [0.25, 0.3) is 0 Å². The molecule has 1 aromatic heterocycles. The SMILES string of the molecule is CCCCCCNc1cc2[nH]c(=O)oc2cc1N. The van der Waals surface area contributed by atoms with Gasteiger partial charge in [-0.1, -0.05) is 26.2 Å². The second kappa shape index (κ2) is 5.62. The van der Waals surface area contributed by atoms with Crippen molar-refractivity contribution in [3.63, 3.8) is 0 Å². The summed E-state index contributed by atoms with van der Waals surface area (Å²) in [5, 5.41) is 3.28. The van der Waals surface area contributed by atoms with Crippen molar-refractivity contribution in [3.8, 4) is 0 Å². The highest BCUT2D eigenvalue weighted by Gasteiger charge is 2.06. The number of anilines is 2. The summed E-state index contributed by atoms with van der Waals surface area (Å²) >= 11 is 0. The Morgan fingerprint density at radius 2 is 2.17 bits per heavy atom. The van der Waals surface area contributed by atoms with Crippen molar-refractivity contribution < 1.29 is 4.42 Å². The molecule has 0 aliphatic rings. The van der Waals surface area contributed by atoms with Gasteiger partial charge in [-0.3, -0.25) is 4.98 Å². The summed E-state index contributed by atoms with van der Waals surface area (Å²) in [4.78, 5) is 13.7. The first-order valence-corrected chi connectivity index (χ1v) is 6.37. The summed E-state index contributed by atoms with van der Waals surface area (Å²) in [6, 6.07) is 3.48. The van der Waals surface area contributed by atoms with Crippen molar-refractivity contribution in [2.45, 2.75) is 32.6 Å². The van der Waals surface area contributed by atoms with Crippen LogP contribution in [0, 0.1) is 0 Å². The summed E-state index contributed by atoms with van der Waals surface area (Å²) in [7, 11) is 0. The molecule has 0 amide bonds. The number of fused-ring (bicyclic) bond motifs is 1. The highest BCUT2D eigenvalue weighted by atomic mass is 16.4. The predicted molar refractivity (Wildman–Crippen MR) is 73.9 cm³/mol. The van der Waals surface area contributed by atoms with Crippen molar-refractivity contribution in [2.24, 2.45) is 0 Å². The van der Waals surface area contributed by atoms with Crippen LogP contribution in [0.5, 0.6) is 0 Å². The van der Waals surface area contributed by atoms with Gasteiger partial charge in [0.05, 0.1) is 16.9 Å². The molecule has 0 unspecified atom stereocenters. The van der Waals surface area contributed by atoms with Crippen LogP contribution in [0.2, 0.25) is 0 Å². The number of nitrogens with one attached hydrogen (secondary N) is 2. The molecule has 5 heteroatoms. The molecule has 1 heterocycles. The lowest BCUT2D eigenvalue weighted by molar-refractivity contribution is 0.555. The van der Waals surface area contributed by atoms with Gasteiger partial charge in [-0.2, -0.15) is 0 Å². The van der Waals surface area contributed by atoms with Crippen LogP contribution < -0.4 is 16.8 Å². The normalized spacial score (nSPS) is 10.9. The average molecular weight is 249 g/mol. The number of rotatable bonds is 6. The molecular weight excluding hydrogens is 230 g/mol. The zero-order valence-electron chi connectivity index (χ0n) is 10.6. The Morgan fingerprint density at radius 3 is 2.94 bits per heavy atom. The third-order valence-electron chi connectivity index (χ3n) is 2.94. The van der Waals surface area contributed by atoms with E-state index in [9.17, 15) is 4.79 Å². The Labute approximate surface area is 105 Å². The fourth-order valence-electron chi connectivity index (χ4n) is 1.94. The molecule has 98 valence electrons. The fraction of sp³-hybridized carbons (Fsp3) is 0.462. The van der Waals surface area contributed by atoms with Gasteiger partial charge in [0.1, 0.15) is 0 Å². The number of benzene rings is 1. The summed E-state index contributed by atoms with van der Waals surface area (Å²) < 4.78 is 4.94. The number of hydrogen-bond acceptors (Lipinski definition) is 4. The number of aromatic nitrogens is 1. The lowest BCUT2D eigenvalue weighted by Crippen LogP contribution is -2.04. The smallest absolute Gasteiger partial charge is 0.408 e. The van der Waals surface area contributed by atoms with Gasteiger partial charge >= 0.3 is 5.76 Å². The quantitative estimate of drug-likeness (QED) is 0.543. The summed E-state index contributed by atoms with van der Waals surface area (Å²) in [6.45, 7) is 3.08. The fourth-order valence-corrected chi connectivity index (χ4v) is 1.94. The molecule has 4 N–H and O–H groups in total. The standard InChI is InChI=1S/C13H19N3O2/c1-2-3-4-5-6-15-10-8-11-12(7-9(10)14)18-13(17)16-11/h7-8,15H,2-6,14H2,1H3,(H,16,17). The molecule has 0 saturated heterocycles. The number of aromatic amines is 1. The van der Waals surface area contributed by atoms with E-state index in [1.54, 1.807) is 6.07 Å². The minimum atomic E-state index is -0.454. The van der Waals surface area contributed by atoms with Crippen LogP contribution in [-0.4, -0.2) is 11.5 Å². The highest BCUT2D eigenvalue weighted by Crippen LogP contribution is 2.24. The summed E-state index contributed by atoms with van der Waals surface area (Å²) in [6.07, 6.45) is 4.82. The van der Waals surface area contributed by atoms with Crippen molar-refractivity contribution in [1.82, 2.24) is 4.98 Å². The monoisotopic (exact) mass is 249 g/mol. The Kier molecular flexibility index (Phi) is 3.92. The minimum absolute atomic E-state index is 0.454. The van der Waals surface area contributed by atoms with Gasteiger partial charge < -0.3 is 15.5 Å². The molecule has 18 heavy (non-hydrogen) atoms. The molecule has 5 nitrogen and oxygen atoms in total. The Bertz CT molecular complexity index is 571. The molecule has 0 aliphatic carbocycles. The molecule has 2 aromatic rings. The summed E-state index contributed by atoms with van der Waals surface area (Å²) in [5.41, 5.74) is 8.51. The van der Waals surface area contributed by atoms with Crippen molar-refractivity contribution in [2.75, 3.05) is 17.6 Å². The second-order valence-electron chi connectivity index (χ2n) is 4.44. The molecule has 0 spiro atoms. The van der Waals surface area contributed by atoms with E-state index >= 15 is 0 Å². The minimum Gasteiger partial charge on any atom is -0.408 e. The van der Waals surface area contributed by atoms with Crippen LogP contribution >= 0.6 is 0 Å². The van der Waals surface area contributed by atoms with Crippen LogP contribution in [0.1, 0.15) is 32.6 Å². The molecule has 0 bridgehead atoms. The predicted octanol–water partition coefficient (Wildman–Crippen LogP) is 2.70. The molecule has 0 saturated carbocycles. The van der Waals surface area contributed by atoms with Crippen LogP contribution in [-0.2, 0) is 0 Å². The highest BCUT2D eigenvalue weighted by molar-refractivity contribution is 5.85. The molecule has 0 fully saturated rings. The third-order valence-corrected chi connectivity index (χ3v) is 2.94.